The van der Waals surface area contributed by atoms with Crippen molar-refractivity contribution in [1.29, 1.82) is 0 Å². The lowest BCUT2D eigenvalue weighted by molar-refractivity contribution is -0.127. The van der Waals surface area contributed by atoms with E-state index in [4.69, 9.17) is 0 Å². The van der Waals surface area contributed by atoms with E-state index in [0.29, 0.717) is 16.9 Å². The van der Waals surface area contributed by atoms with Gasteiger partial charge >= 0.3 is 0 Å². The minimum atomic E-state index is -0.560. The van der Waals surface area contributed by atoms with Crippen molar-refractivity contribution in [3.63, 3.8) is 0 Å². The highest BCUT2D eigenvalue weighted by molar-refractivity contribution is 8.18. The van der Waals surface area contributed by atoms with Crippen LogP contribution in [0.25, 0.3) is 17.0 Å². The summed E-state index contributed by atoms with van der Waals surface area (Å²) in [6.07, 6.45) is 3.33. The summed E-state index contributed by atoms with van der Waals surface area (Å²) < 4.78 is 14.9. The Kier molecular flexibility index (Phi) is 7.29. The molecule has 0 bridgehead atoms. The van der Waals surface area contributed by atoms with Gasteiger partial charge < -0.3 is 15.2 Å². The summed E-state index contributed by atoms with van der Waals surface area (Å²) in [5.74, 6) is -1.75. The molecule has 0 unspecified atom stereocenters. The monoisotopic (exact) mass is 542 g/mol. The number of rotatable bonds is 7. The number of hydrogen-bond donors (Lipinski definition) is 2. The molecule has 1 aromatic heterocycles. The van der Waals surface area contributed by atoms with Crippen LogP contribution in [-0.2, 0) is 20.9 Å². The highest BCUT2D eigenvalue weighted by Gasteiger charge is 2.36. The molecule has 39 heavy (non-hydrogen) atoms. The minimum absolute atomic E-state index is 0.0214. The molecule has 5 rings (SSSR count). The standard InChI is InChI=1S/C29H23FN4O4S/c1-18-6-10-21(11-7-18)32-27(36)17-34-28(37)25(39-29(34)38)14-19-15-33(24-5-3-2-4-23(19)24)16-26(35)31-22-12-8-20(30)9-13-22/h2-15H,16-17H2,1H3,(H,31,35)(H,32,36)/b25-14+. The summed E-state index contributed by atoms with van der Waals surface area (Å²) in [6.45, 7) is 1.51. The highest BCUT2D eigenvalue weighted by Crippen LogP contribution is 2.34. The van der Waals surface area contributed by atoms with Crippen LogP contribution in [0.15, 0.2) is 83.9 Å². The molecular weight excluding hydrogens is 519 g/mol. The fraction of sp³-hybridized carbons (Fsp3) is 0.103. The van der Waals surface area contributed by atoms with Crippen molar-refractivity contribution >= 4 is 63.1 Å². The number of nitrogens with zero attached hydrogens (tertiary/aromatic N) is 2. The molecule has 1 aliphatic rings. The Bertz CT molecular complexity index is 1630. The zero-order valence-electron chi connectivity index (χ0n) is 20.8. The number of imide groups is 1. The van der Waals surface area contributed by atoms with E-state index in [0.717, 1.165) is 33.1 Å². The van der Waals surface area contributed by atoms with Crippen LogP contribution in [-0.4, -0.2) is 39.0 Å². The summed E-state index contributed by atoms with van der Waals surface area (Å²) in [7, 11) is 0. The van der Waals surface area contributed by atoms with E-state index in [1.54, 1.807) is 29.0 Å². The van der Waals surface area contributed by atoms with Crippen LogP contribution >= 0.6 is 11.8 Å². The zero-order valence-corrected chi connectivity index (χ0v) is 21.6. The number of hydrogen-bond acceptors (Lipinski definition) is 5. The van der Waals surface area contributed by atoms with Crippen LogP contribution in [0.3, 0.4) is 0 Å². The number of aromatic nitrogens is 1. The number of carbonyl (C=O) groups is 4. The molecule has 3 aromatic carbocycles. The average molecular weight is 543 g/mol. The van der Waals surface area contributed by atoms with Crippen LogP contribution in [0.5, 0.6) is 0 Å². The Morgan fingerprint density at radius 3 is 2.18 bits per heavy atom. The first-order chi connectivity index (χ1) is 18.8. The Morgan fingerprint density at radius 1 is 0.872 bits per heavy atom. The van der Waals surface area contributed by atoms with Gasteiger partial charge in [-0.25, -0.2) is 4.39 Å². The molecular formula is C29H23FN4O4S. The number of aryl methyl sites for hydroxylation is 1. The number of anilines is 2. The number of amides is 4. The number of fused-ring (bicyclic) bond motifs is 1. The van der Waals surface area contributed by atoms with Crippen LogP contribution < -0.4 is 10.6 Å². The van der Waals surface area contributed by atoms with E-state index in [1.165, 1.54) is 24.3 Å². The van der Waals surface area contributed by atoms with E-state index >= 15 is 0 Å². The van der Waals surface area contributed by atoms with E-state index in [9.17, 15) is 23.6 Å². The average Bonchev–Trinajstić information content (AvgIpc) is 3.38. The first-order valence-electron chi connectivity index (χ1n) is 12.0. The minimum Gasteiger partial charge on any atom is -0.337 e. The lowest BCUT2D eigenvalue weighted by Gasteiger charge is -2.12. The number of nitrogens with one attached hydrogen (secondary N) is 2. The van der Waals surface area contributed by atoms with Gasteiger partial charge in [0.25, 0.3) is 11.1 Å². The maximum Gasteiger partial charge on any atom is 0.294 e. The Labute approximate surface area is 227 Å². The molecule has 4 amide bonds. The van der Waals surface area contributed by atoms with Crippen molar-refractivity contribution in [3.8, 4) is 0 Å². The second-order valence-corrected chi connectivity index (χ2v) is 9.96. The molecule has 0 atom stereocenters. The van der Waals surface area contributed by atoms with Crippen molar-refractivity contribution in [2.75, 3.05) is 17.2 Å². The summed E-state index contributed by atoms with van der Waals surface area (Å²) in [6, 6.07) is 20.0. The smallest absolute Gasteiger partial charge is 0.294 e. The van der Waals surface area contributed by atoms with Gasteiger partial charge in [0.1, 0.15) is 18.9 Å². The number of thioether (sulfide) groups is 1. The molecule has 2 heterocycles. The second kappa shape index (κ2) is 11.0. The molecule has 0 spiro atoms. The van der Waals surface area contributed by atoms with Gasteiger partial charge in [-0.15, -0.1) is 0 Å². The van der Waals surface area contributed by atoms with Crippen molar-refractivity contribution < 1.29 is 23.6 Å². The topological polar surface area (TPSA) is 101 Å². The van der Waals surface area contributed by atoms with Gasteiger partial charge in [-0.05, 0) is 67.2 Å². The maximum absolute atomic E-state index is 13.2. The quantitative estimate of drug-likeness (QED) is 0.305. The third kappa shape index (κ3) is 5.91. The Balaban J connectivity index is 1.32. The predicted molar refractivity (Wildman–Crippen MR) is 149 cm³/mol. The van der Waals surface area contributed by atoms with Crippen molar-refractivity contribution in [2.24, 2.45) is 0 Å². The molecule has 196 valence electrons. The summed E-state index contributed by atoms with van der Waals surface area (Å²) >= 11 is 0.761. The molecule has 2 N–H and O–H groups in total. The van der Waals surface area contributed by atoms with E-state index < -0.39 is 29.4 Å². The maximum atomic E-state index is 13.2. The van der Waals surface area contributed by atoms with Gasteiger partial charge in [0.2, 0.25) is 11.8 Å². The summed E-state index contributed by atoms with van der Waals surface area (Å²) in [5.41, 5.74) is 3.49. The van der Waals surface area contributed by atoms with Crippen molar-refractivity contribution in [2.45, 2.75) is 13.5 Å². The van der Waals surface area contributed by atoms with Gasteiger partial charge in [-0.1, -0.05) is 35.9 Å². The van der Waals surface area contributed by atoms with Gasteiger partial charge in [-0.2, -0.15) is 0 Å². The van der Waals surface area contributed by atoms with E-state index in [2.05, 4.69) is 10.6 Å². The third-order valence-corrected chi connectivity index (χ3v) is 6.97. The first-order valence-corrected chi connectivity index (χ1v) is 12.8. The summed E-state index contributed by atoms with van der Waals surface area (Å²) in [4.78, 5) is 51.9. The molecule has 0 radical (unpaired) electrons. The largest absolute Gasteiger partial charge is 0.337 e. The van der Waals surface area contributed by atoms with Crippen molar-refractivity contribution in [3.05, 3.63) is 101 Å². The molecule has 8 nitrogen and oxygen atoms in total. The van der Waals surface area contributed by atoms with Crippen LogP contribution in [0, 0.1) is 12.7 Å². The van der Waals surface area contributed by atoms with Crippen LogP contribution in [0.1, 0.15) is 11.1 Å². The van der Waals surface area contributed by atoms with E-state index in [-0.39, 0.29) is 17.4 Å². The van der Waals surface area contributed by atoms with E-state index in [1.807, 2.05) is 43.3 Å². The van der Waals surface area contributed by atoms with Gasteiger partial charge in [0.05, 0.1) is 4.91 Å². The first kappa shape index (κ1) is 25.9. The fourth-order valence-electron chi connectivity index (χ4n) is 4.17. The zero-order chi connectivity index (χ0) is 27.5. The highest BCUT2D eigenvalue weighted by atomic mass is 32.2. The normalized spacial score (nSPS) is 14.3. The van der Waals surface area contributed by atoms with Crippen LogP contribution in [0.4, 0.5) is 20.6 Å². The number of halogens is 1. The lowest BCUT2D eigenvalue weighted by Crippen LogP contribution is -2.36. The fourth-order valence-corrected chi connectivity index (χ4v) is 5.00. The SMILES string of the molecule is Cc1ccc(NC(=O)CN2C(=O)S/C(=C/c3cn(CC(=O)Nc4ccc(F)cc4)c4ccccc34)C2=O)cc1. The summed E-state index contributed by atoms with van der Waals surface area (Å²) in [5, 5.41) is 5.68. The number of benzene rings is 3. The second-order valence-electron chi connectivity index (χ2n) is 8.97. The van der Waals surface area contributed by atoms with Crippen LogP contribution in [0.2, 0.25) is 0 Å². The van der Waals surface area contributed by atoms with Gasteiger partial charge in [0.15, 0.2) is 0 Å². The Morgan fingerprint density at radius 2 is 1.49 bits per heavy atom. The number of para-hydroxylation sites is 1. The third-order valence-electron chi connectivity index (χ3n) is 6.06. The predicted octanol–water partition coefficient (Wildman–Crippen LogP) is 5.40. The molecule has 1 saturated heterocycles. The molecule has 1 fully saturated rings. The molecule has 0 aliphatic carbocycles. The molecule has 0 saturated carbocycles. The van der Waals surface area contributed by atoms with Gasteiger partial charge in [-0.3, -0.25) is 24.1 Å². The lowest BCUT2D eigenvalue weighted by atomic mass is 10.1. The number of carbonyl (C=O) groups excluding carboxylic acids is 4. The van der Waals surface area contributed by atoms with Gasteiger partial charge in [0, 0.05) is 34.0 Å². The molecule has 1 aliphatic heterocycles. The molecule has 4 aromatic rings. The van der Waals surface area contributed by atoms with Crippen molar-refractivity contribution in [1.82, 2.24) is 9.47 Å². The Hall–Kier alpha value is -4.70. The molecule has 10 heteroatoms.